The molecule has 3 heteroatoms. The second-order valence-electron chi connectivity index (χ2n) is 6.83. The highest BCUT2D eigenvalue weighted by Gasteiger charge is 2.29. The Morgan fingerprint density at radius 3 is 2.38 bits per heavy atom. The highest BCUT2D eigenvalue weighted by molar-refractivity contribution is 5.14. The van der Waals surface area contributed by atoms with Crippen LogP contribution in [-0.4, -0.2) is 66.6 Å². The van der Waals surface area contributed by atoms with E-state index in [1.807, 2.05) is 0 Å². The second-order valence-corrected chi connectivity index (χ2v) is 6.83. The normalized spacial score (nSPS) is 27.0. The lowest BCUT2D eigenvalue weighted by Gasteiger charge is -2.45. The van der Waals surface area contributed by atoms with Crippen LogP contribution in [0.1, 0.15) is 25.3 Å². The van der Waals surface area contributed by atoms with Crippen LogP contribution in [0.2, 0.25) is 0 Å². The molecule has 0 spiro atoms. The number of piperidine rings is 1. The Hall–Kier alpha value is -0.900. The molecule has 2 aliphatic rings. The summed E-state index contributed by atoms with van der Waals surface area (Å²) in [6.07, 6.45) is 2.70. The van der Waals surface area contributed by atoms with Crippen LogP contribution in [0.3, 0.4) is 0 Å². The molecular weight excluding hydrogens is 258 g/mol. The van der Waals surface area contributed by atoms with Gasteiger partial charge in [-0.2, -0.15) is 0 Å². The molecular formula is C18H29N3. The van der Waals surface area contributed by atoms with Gasteiger partial charge < -0.3 is 4.90 Å². The van der Waals surface area contributed by atoms with E-state index in [1.54, 1.807) is 0 Å². The number of piperazine rings is 1. The molecule has 21 heavy (non-hydrogen) atoms. The first-order valence-electron chi connectivity index (χ1n) is 8.43. The van der Waals surface area contributed by atoms with Crippen LogP contribution in [0.5, 0.6) is 0 Å². The molecule has 2 heterocycles. The SMILES string of the molecule is C[C@H]1CN(C2CCN(C)CC2)CCN1Cc1ccccc1. The minimum atomic E-state index is 0.665. The van der Waals surface area contributed by atoms with Crippen LogP contribution < -0.4 is 0 Å². The average Bonchev–Trinajstić information content (AvgIpc) is 2.51. The highest BCUT2D eigenvalue weighted by atomic mass is 15.3. The van der Waals surface area contributed by atoms with E-state index in [4.69, 9.17) is 0 Å². The maximum Gasteiger partial charge on any atom is 0.0237 e. The summed E-state index contributed by atoms with van der Waals surface area (Å²) in [5, 5.41) is 0. The third-order valence-corrected chi connectivity index (χ3v) is 5.23. The van der Waals surface area contributed by atoms with Gasteiger partial charge >= 0.3 is 0 Å². The topological polar surface area (TPSA) is 9.72 Å². The molecule has 3 rings (SSSR count). The number of hydrogen-bond acceptors (Lipinski definition) is 3. The lowest BCUT2D eigenvalue weighted by molar-refractivity contribution is 0.0305. The van der Waals surface area contributed by atoms with Crippen LogP contribution in [-0.2, 0) is 6.54 Å². The maximum absolute atomic E-state index is 2.75. The third kappa shape index (κ3) is 3.85. The molecule has 3 nitrogen and oxygen atoms in total. The van der Waals surface area contributed by atoms with Gasteiger partial charge in [-0.1, -0.05) is 30.3 Å². The van der Waals surface area contributed by atoms with Gasteiger partial charge in [0.15, 0.2) is 0 Å². The van der Waals surface area contributed by atoms with Crippen molar-refractivity contribution in [1.82, 2.24) is 14.7 Å². The molecule has 0 amide bonds. The van der Waals surface area contributed by atoms with Gasteiger partial charge in [0.05, 0.1) is 0 Å². The van der Waals surface area contributed by atoms with Crippen LogP contribution >= 0.6 is 0 Å². The van der Waals surface area contributed by atoms with Crippen molar-refractivity contribution >= 4 is 0 Å². The fraction of sp³-hybridized carbons (Fsp3) is 0.667. The van der Waals surface area contributed by atoms with Crippen molar-refractivity contribution in [3.63, 3.8) is 0 Å². The summed E-state index contributed by atoms with van der Waals surface area (Å²) in [6, 6.07) is 12.4. The first-order valence-corrected chi connectivity index (χ1v) is 8.43. The summed E-state index contributed by atoms with van der Waals surface area (Å²) < 4.78 is 0. The molecule has 0 radical (unpaired) electrons. The lowest BCUT2D eigenvalue weighted by atomic mass is 10.0. The monoisotopic (exact) mass is 287 g/mol. The molecule has 0 aliphatic carbocycles. The molecule has 0 saturated carbocycles. The Bertz CT molecular complexity index is 425. The van der Waals surface area contributed by atoms with E-state index in [0.717, 1.165) is 12.6 Å². The summed E-state index contributed by atoms with van der Waals surface area (Å²) in [5.74, 6) is 0. The summed E-state index contributed by atoms with van der Waals surface area (Å²) in [5.41, 5.74) is 1.44. The van der Waals surface area contributed by atoms with Crippen LogP contribution in [0.15, 0.2) is 30.3 Å². The predicted octanol–water partition coefficient (Wildman–Crippen LogP) is 2.29. The van der Waals surface area contributed by atoms with E-state index in [9.17, 15) is 0 Å². The zero-order valence-electron chi connectivity index (χ0n) is 13.5. The number of hydrogen-bond donors (Lipinski definition) is 0. The molecule has 0 aromatic heterocycles. The quantitative estimate of drug-likeness (QED) is 0.844. The molecule has 116 valence electrons. The van der Waals surface area contributed by atoms with Crippen molar-refractivity contribution in [2.24, 2.45) is 0 Å². The van der Waals surface area contributed by atoms with Gasteiger partial charge in [-0.15, -0.1) is 0 Å². The Labute approximate surface area is 129 Å². The Morgan fingerprint density at radius 1 is 1.00 bits per heavy atom. The van der Waals surface area contributed by atoms with Gasteiger partial charge in [0.2, 0.25) is 0 Å². The van der Waals surface area contributed by atoms with Gasteiger partial charge in [-0.05, 0) is 45.5 Å². The standard InChI is InChI=1S/C18H29N3/c1-16-14-21(18-8-10-19(2)11-9-18)13-12-20(16)15-17-6-4-3-5-7-17/h3-7,16,18H,8-15H2,1-2H3/t16-/m0/s1. The van der Waals surface area contributed by atoms with E-state index in [0.29, 0.717) is 6.04 Å². The van der Waals surface area contributed by atoms with Crippen LogP contribution in [0.25, 0.3) is 0 Å². The second kappa shape index (κ2) is 6.91. The minimum absolute atomic E-state index is 0.665. The van der Waals surface area contributed by atoms with Gasteiger partial charge in [-0.3, -0.25) is 9.80 Å². The zero-order valence-corrected chi connectivity index (χ0v) is 13.5. The Morgan fingerprint density at radius 2 is 1.71 bits per heavy atom. The largest absolute Gasteiger partial charge is 0.306 e. The molecule has 2 saturated heterocycles. The molecule has 1 aromatic carbocycles. The summed E-state index contributed by atoms with van der Waals surface area (Å²) >= 11 is 0. The van der Waals surface area contributed by atoms with Gasteiger partial charge in [0.1, 0.15) is 0 Å². The van der Waals surface area contributed by atoms with Crippen molar-refractivity contribution in [2.45, 2.75) is 38.4 Å². The van der Waals surface area contributed by atoms with Crippen molar-refractivity contribution in [3.8, 4) is 0 Å². The number of benzene rings is 1. The molecule has 0 N–H and O–H groups in total. The lowest BCUT2D eigenvalue weighted by Crippen LogP contribution is -2.56. The number of rotatable bonds is 3. The maximum atomic E-state index is 2.75. The third-order valence-electron chi connectivity index (χ3n) is 5.23. The van der Waals surface area contributed by atoms with E-state index in [1.165, 1.54) is 51.1 Å². The minimum Gasteiger partial charge on any atom is -0.306 e. The van der Waals surface area contributed by atoms with E-state index in [-0.39, 0.29) is 0 Å². The molecule has 1 atom stereocenters. The Kier molecular flexibility index (Phi) is 4.94. The number of likely N-dealkylation sites (tertiary alicyclic amines) is 1. The van der Waals surface area contributed by atoms with Gasteiger partial charge in [0, 0.05) is 38.3 Å². The van der Waals surface area contributed by atoms with Gasteiger partial charge in [0.25, 0.3) is 0 Å². The van der Waals surface area contributed by atoms with Crippen LogP contribution in [0, 0.1) is 0 Å². The predicted molar refractivity (Wildman–Crippen MR) is 88.4 cm³/mol. The summed E-state index contributed by atoms with van der Waals surface area (Å²) in [6.45, 7) is 9.72. The van der Waals surface area contributed by atoms with E-state index >= 15 is 0 Å². The Balaban J connectivity index is 1.52. The molecule has 2 aliphatic heterocycles. The molecule has 0 unspecified atom stereocenters. The van der Waals surface area contributed by atoms with E-state index in [2.05, 4.69) is 59.0 Å². The van der Waals surface area contributed by atoms with Crippen molar-refractivity contribution < 1.29 is 0 Å². The average molecular weight is 287 g/mol. The zero-order chi connectivity index (χ0) is 14.7. The summed E-state index contributed by atoms with van der Waals surface area (Å²) in [7, 11) is 2.25. The summed E-state index contributed by atoms with van der Waals surface area (Å²) in [4.78, 5) is 7.85. The molecule has 2 fully saturated rings. The first-order chi connectivity index (χ1) is 10.2. The number of nitrogens with zero attached hydrogens (tertiary/aromatic N) is 3. The van der Waals surface area contributed by atoms with Crippen molar-refractivity contribution in [2.75, 3.05) is 39.8 Å². The van der Waals surface area contributed by atoms with Crippen molar-refractivity contribution in [1.29, 1.82) is 0 Å². The highest BCUT2D eigenvalue weighted by Crippen LogP contribution is 2.21. The van der Waals surface area contributed by atoms with E-state index < -0.39 is 0 Å². The molecule has 0 bridgehead atoms. The molecule has 1 aromatic rings. The van der Waals surface area contributed by atoms with Crippen molar-refractivity contribution in [3.05, 3.63) is 35.9 Å². The smallest absolute Gasteiger partial charge is 0.0237 e. The van der Waals surface area contributed by atoms with Gasteiger partial charge in [-0.25, -0.2) is 0 Å². The fourth-order valence-electron chi connectivity index (χ4n) is 3.77. The fourth-order valence-corrected chi connectivity index (χ4v) is 3.77. The first kappa shape index (κ1) is 15.0. The van der Waals surface area contributed by atoms with Crippen LogP contribution in [0.4, 0.5) is 0 Å².